The fourth-order valence-corrected chi connectivity index (χ4v) is 2.43. The number of likely N-dealkylation sites (tertiary alicyclic amines) is 1. The van der Waals surface area contributed by atoms with E-state index in [-0.39, 0.29) is 31.3 Å². The third kappa shape index (κ3) is 3.29. The van der Waals surface area contributed by atoms with Crippen LogP contribution in [-0.4, -0.2) is 35.0 Å². The Bertz CT molecular complexity index is 598. The first-order chi connectivity index (χ1) is 10.0. The van der Waals surface area contributed by atoms with E-state index in [9.17, 15) is 19.1 Å². The Kier molecular flexibility index (Phi) is 4.39. The molecule has 1 saturated heterocycles. The number of carbonyl (C=O) groups excluding carboxylic acids is 1. The Morgan fingerprint density at radius 3 is 2.76 bits per heavy atom. The van der Waals surface area contributed by atoms with Crippen LogP contribution >= 0.6 is 0 Å². The Morgan fingerprint density at radius 2 is 2.19 bits per heavy atom. The fourth-order valence-electron chi connectivity index (χ4n) is 2.43. The molecule has 1 N–H and O–H groups in total. The van der Waals surface area contributed by atoms with Crippen LogP contribution in [0.4, 0.5) is 4.39 Å². The second-order valence-electron chi connectivity index (χ2n) is 4.82. The Labute approximate surface area is 119 Å². The van der Waals surface area contributed by atoms with Crippen LogP contribution in [0.25, 0.3) is 10.4 Å². The highest BCUT2D eigenvalue weighted by Crippen LogP contribution is 2.29. The first kappa shape index (κ1) is 14.8. The predicted molar refractivity (Wildman–Crippen MR) is 70.6 cm³/mol. The second kappa shape index (κ2) is 6.23. The topological polar surface area (TPSA) is 106 Å². The predicted octanol–water partition coefficient (Wildman–Crippen LogP) is 2.11. The van der Waals surface area contributed by atoms with E-state index >= 15 is 0 Å². The maximum absolute atomic E-state index is 12.9. The molecule has 1 aliphatic rings. The normalized spacial score (nSPS) is 19.2. The van der Waals surface area contributed by atoms with Crippen LogP contribution in [0.1, 0.15) is 18.0 Å². The van der Waals surface area contributed by atoms with E-state index in [0.717, 1.165) is 12.1 Å². The van der Waals surface area contributed by atoms with Gasteiger partial charge < -0.3 is 10.0 Å². The molecule has 0 aromatic heterocycles. The van der Waals surface area contributed by atoms with Gasteiger partial charge in [0.05, 0.1) is 0 Å². The monoisotopic (exact) mass is 292 g/mol. The van der Waals surface area contributed by atoms with Crippen molar-refractivity contribution in [3.05, 3.63) is 46.1 Å². The fraction of sp³-hybridized carbons (Fsp3) is 0.385. The van der Waals surface area contributed by atoms with Gasteiger partial charge in [-0.15, -0.1) is 0 Å². The maximum atomic E-state index is 12.9. The van der Waals surface area contributed by atoms with E-state index in [1.54, 1.807) is 0 Å². The van der Waals surface area contributed by atoms with Gasteiger partial charge >= 0.3 is 5.97 Å². The molecule has 1 fully saturated rings. The van der Waals surface area contributed by atoms with Gasteiger partial charge in [-0.25, -0.2) is 9.18 Å². The quantitative estimate of drug-likeness (QED) is 0.510. The first-order valence-electron chi connectivity index (χ1n) is 6.31. The standard InChI is InChI=1S/C13H13FN4O3/c14-10-3-1-9(2-4-10)12(13(20)21)18-7-8(5-11(18)19)6-16-17-15/h1-4,8,12H,5-7H2,(H,20,21). The molecule has 8 heteroatoms. The second-order valence-corrected chi connectivity index (χ2v) is 4.82. The molecule has 0 radical (unpaired) electrons. The van der Waals surface area contributed by atoms with Gasteiger partial charge in [0.2, 0.25) is 5.91 Å². The molecule has 1 aromatic carbocycles. The number of aliphatic carboxylic acids is 1. The number of benzene rings is 1. The van der Waals surface area contributed by atoms with Crippen molar-refractivity contribution in [1.29, 1.82) is 0 Å². The number of nitrogens with zero attached hydrogens (tertiary/aromatic N) is 4. The number of hydrogen-bond acceptors (Lipinski definition) is 3. The molecule has 1 aromatic rings. The van der Waals surface area contributed by atoms with Gasteiger partial charge in [0.1, 0.15) is 5.82 Å². The lowest BCUT2D eigenvalue weighted by Gasteiger charge is -2.25. The summed E-state index contributed by atoms with van der Waals surface area (Å²) in [5.41, 5.74) is 8.62. The van der Waals surface area contributed by atoms with Crippen molar-refractivity contribution in [2.45, 2.75) is 12.5 Å². The molecule has 110 valence electrons. The molecular formula is C13H13FN4O3. The zero-order valence-electron chi connectivity index (χ0n) is 11.0. The molecule has 21 heavy (non-hydrogen) atoms. The number of carboxylic acids is 1. The Balaban J connectivity index is 2.23. The Morgan fingerprint density at radius 1 is 1.52 bits per heavy atom. The SMILES string of the molecule is [N-]=[N+]=NCC1CC(=O)N(C(C(=O)O)c2ccc(F)cc2)C1. The van der Waals surface area contributed by atoms with Crippen molar-refractivity contribution < 1.29 is 19.1 Å². The van der Waals surface area contributed by atoms with Crippen LogP contribution in [0.15, 0.2) is 29.4 Å². The van der Waals surface area contributed by atoms with E-state index in [1.165, 1.54) is 17.0 Å². The molecule has 2 rings (SSSR count). The summed E-state index contributed by atoms with van der Waals surface area (Å²) < 4.78 is 12.9. The van der Waals surface area contributed by atoms with E-state index in [2.05, 4.69) is 10.0 Å². The van der Waals surface area contributed by atoms with Crippen LogP contribution in [0.2, 0.25) is 0 Å². The highest BCUT2D eigenvalue weighted by molar-refractivity contribution is 5.86. The molecule has 1 amide bonds. The van der Waals surface area contributed by atoms with Gasteiger partial charge in [0.25, 0.3) is 0 Å². The van der Waals surface area contributed by atoms with Crippen molar-refractivity contribution >= 4 is 11.9 Å². The third-order valence-electron chi connectivity index (χ3n) is 3.37. The number of rotatable bonds is 5. The lowest BCUT2D eigenvalue weighted by Crippen LogP contribution is -2.35. The lowest BCUT2D eigenvalue weighted by molar-refractivity contribution is -0.148. The third-order valence-corrected chi connectivity index (χ3v) is 3.37. The lowest BCUT2D eigenvalue weighted by atomic mass is 10.1. The summed E-state index contributed by atoms with van der Waals surface area (Å²) >= 11 is 0. The molecule has 0 aliphatic carbocycles. The molecular weight excluding hydrogens is 279 g/mol. The minimum atomic E-state index is -1.18. The van der Waals surface area contributed by atoms with Gasteiger partial charge in [-0.3, -0.25) is 4.79 Å². The molecule has 0 bridgehead atoms. The van der Waals surface area contributed by atoms with Gasteiger partial charge in [-0.05, 0) is 29.1 Å². The summed E-state index contributed by atoms with van der Waals surface area (Å²) in [7, 11) is 0. The van der Waals surface area contributed by atoms with E-state index < -0.39 is 17.8 Å². The summed E-state index contributed by atoms with van der Waals surface area (Å²) in [6.45, 7) is 0.348. The zero-order chi connectivity index (χ0) is 15.4. The van der Waals surface area contributed by atoms with Crippen LogP contribution in [0.3, 0.4) is 0 Å². The number of hydrogen-bond donors (Lipinski definition) is 1. The minimum absolute atomic E-state index is 0.143. The van der Waals surface area contributed by atoms with Gasteiger partial charge in [-0.2, -0.15) is 0 Å². The minimum Gasteiger partial charge on any atom is -0.479 e. The largest absolute Gasteiger partial charge is 0.479 e. The average Bonchev–Trinajstić information content (AvgIpc) is 2.80. The van der Waals surface area contributed by atoms with Crippen molar-refractivity contribution in [3.63, 3.8) is 0 Å². The molecule has 0 spiro atoms. The first-order valence-corrected chi connectivity index (χ1v) is 6.31. The summed E-state index contributed by atoms with van der Waals surface area (Å²) in [5.74, 6) is -2.17. The van der Waals surface area contributed by atoms with Crippen molar-refractivity contribution in [1.82, 2.24) is 4.90 Å². The number of halogens is 1. The number of amides is 1. The van der Waals surface area contributed by atoms with E-state index in [4.69, 9.17) is 5.53 Å². The summed E-state index contributed by atoms with van der Waals surface area (Å²) in [6, 6.07) is 3.85. The average molecular weight is 292 g/mol. The van der Waals surface area contributed by atoms with Crippen LogP contribution in [-0.2, 0) is 9.59 Å². The van der Waals surface area contributed by atoms with Crippen molar-refractivity contribution in [3.8, 4) is 0 Å². The molecule has 2 unspecified atom stereocenters. The van der Waals surface area contributed by atoms with Crippen LogP contribution < -0.4 is 0 Å². The van der Waals surface area contributed by atoms with Gasteiger partial charge in [0, 0.05) is 24.4 Å². The smallest absolute Gasteiger partial charge is 0.331 e. The molecule has 1 heterocycles. The summed E-state index contributed by atoms with van der Waals surface area (Å²) in [6.07, 6.45) is 0.143. The number of carbonyl (C=O) groups is 2. The van der Waals surface area contributed by atoms with Crippen LogP contribution in [0.5, 0.6) is 0 Å². The summed E-state index contributed by atoms with van der Waals surface area (Å²) in [4.78, 5) is 27.3. The highest BCUT2D eigenvalue weighted by Gasteiger charge is 2.38. The highest BCUT2D eigenvalue weighted by atomic mass is 19.1. The zero-order valence-corrected chi connectivity index (χ0v) is 11.0. The summed E-state index contributed by atoms with van der Waals surface area (Å²) in [5, 5.41) is 12.8. The Hall–Kier alpha value is -2.60. The van der Waals surface area contributed by atoms with Crippen molar-refractivity contribution in [2.75, 3.05) is 13.1 Å². The molecule has 2 atom stereocenters. The number of carboxylic acid groups (broad SMARTS) is 1. The van der Waals surface area contributed by atoms with Gasteiger partial charge in [0.15, 0.2) is 6.04 Å². The maximum Gasteiger partial charge on any atom is 0.331 e. The van der Waals surface area contributed by atoms with E-state index in [1.807, 2.05) is 0 Å². The van der Waals surface area contributed by atoms with E-state index in [0.29, 0.717) is 5.56 Å². The van der Waals surface area contributed by atoms with Crippen LogP contribution in [0, 0.1) is 11.7 Å². The molecule has 7 nitrogen and oxygen atoms in total. The number of azide groups is 1. The molecule has 1 aliphatic heterocycles. The van der Waals surface area contributed by atoms with Crippen molar-refractivity contribution in [2.24, 2.45) is 11.0 Å². The molecule has 0 saturated carbocycles. The van der Waals surface area contributed by atoms with Gasteiger partial charge in [-0.1, -0.05) is 17.2 Å².